The van der Waals surface area contributed by atoms with Crippen molar-refractivity contribution < 1.29 is 31.9 Å². The highest BCUT2D eigenvalue weighted by atomic mass is 19.4. The normalized spacial score (nSPS) is 14.6. The molecule has 0 radical (unpaired) electrons. The first-order valence-electron chi connectivity index (χ1n) is 8.41. The molecule has 3 rings (SSSR count). The van der Waals surface area contributed by atoms with Gasteiger partial charge in [-0.1, -0.05) is 6.07 Å². The van der Waals surface area contributed by atoms with Gasteiger partial charge in [0.25, 0.3) is 11.8 Å². The summed E-state index contributed by atoms with van der Waals surface area (Å²) in [5.74, 6) is -2.54. The molecular formula is C19H16F4N2O3. The molecule has 0 bridgehead atoms. The van der Waals surface area contributed by atoms with Crippen LogP contribution >= 0.6 is 0 Å². The van der Waals surface area contributed by atoms with Crippen LogP contribution in [0.1, 0.15) is 26.3 Å². The number of benzene rings is 2. The van der Waals surface area contributed by atoms with Gasteiger partial charge in [-0.15, -0.1) is 0 Å². The highest BCUT2D eigenvalue weighted by Crippen LogP contribution is 2.32. The Morgan fingerprint density at radius 1 is 1.00 bits per heavy atom. The molecule has 1 heterocycles. The number of nitrogens with zero attached hydrogens (tertiary/aromatic N) is 1. The van der Waals surface area contributed by atoms with E-state index in [0.29, 0.717) is 44.0 Å². The number of morpholine rings is 1. The zero-order chi connectivity index (χ0) is 20.3. The number of carbonyl (C=O) groups is 2. The average molecular weight is 396 g/mol. The molecule has 148 valence electrons. The number of rotatable bonds is 3. The van der Waals surface area contributed by atoms with E-state index in [1.54, 1.807) is 17.0 Å². The van der Waals surface area contributed by atoms with Crippen LogP contribution in [0, 0.1) is 5.82 Å². The Bertz CT molecular complexity index is 893. The third-order valence-electron chi connectivity index (χ3n) is 4.20. The Hall–Kier alpha value is -2.94. The molecule has 0 saturated carbocycles. The van der Waals surface area contributed by atoms with Gasteiger partial charge in [0.1, 0.15) is 5.82 Å². The molecule has 9 heteroatoms. The van der Waals surface area contributed by atoms with Gasteiger partial charge in [0.15, 0.2) is 0 Å². The van der Waals surface area contributed by atoms with E-state index in [9.17, 15) is 27.2 Å². The summed E-state index contributed by atoms with van der Waals surface area (Å²) in [6.45, 7) is 1.78. The van der Waals surface area contributed by atoms with Crippen molar-refractivity contribution >= 4 is 17.5 Å². The van der Waals surface area contributed by atoms with Gasteiger partial charge in [-0.2, -0.15) is 13.2 Å². The summed E-state index contributed by atoms with van der Waals surface area (Å²) in [5.41, 5.74) is -1.30. The summed E-state index contributed by atoms with van der Waals surface area (Å²) < 4.78 is 57.0. The Balaban J connectivity index is 1.77. The molecule has 1 fully saturated rings. The summed E-state index contributed by atoms with van der Waals surface area (Å²) in [6.07, 6.45) is -4.91. The van der Waals surface area contributed by atoms with Crippen molar-refractivity contribution in [1.29, 1.82) is 0 Å². The van der Waals surface area contributed by atoms with Crippen molar-refractivity contribution in [2.75, 3.05) is 31.6 Å². The number of alkyl halides is 3. The van der Waals surface area contributed by atoms with E-state index >= 15 is 0 Å². The quantitative estimate of drug-likeness (QED) is 0.807. The van der Waals surface area contributed by atoms with E-state index in [4.69, 9.17) is 4.74 Å². The monoisotopic (exact) mass is 396 g/mol. The highest BCUT2D eigenvalue weighted by molar-refractivity contribution is 6.05. The molecule has 0 unspecified atom stereocenters. The number of ether oxygens (including phenoxy) is 1. The van der Waals surface area contributed by atoms with E-state index < -0.39 is 23.5 Å². The minimum Gasteiger partial charge on any atom is -0.378 e. The largest absolute Gasteiger partial charge is 0.419 e. The van der Waals surface area contributed by atoms with Crippen LogP contribution in [0.25, 0.3) is 0 Å². The number of carbonyl (C=O) groups excluding carboxylic acids is 2. The zero-order valence-corrected chi connectivity index (χ0v) is 14.6. The predicted octanol–water partition coefficient (Wildman–Crippen LogP) is 3.57. The van der Waals surface area contributed by atoms with E-state index in [-0.39, 0.29) is 17.2 Å². The van der Waals surface area contributed by atoms with Crippen LogP contribution in [0.2, 0.25) is 0 Å². The van der Waals surface area contributed by atoms with Gasteiger partial charge < -0.3 is 15.0 Å². The minimum absolute atomic E-state index is 0.236. The van der Waals surface area contributed by atoms with Crippen LogP contribution in [0.5, 0.6) is 0 Å². The van der Waals surface area contributed by atoms with Crippen molar-refractivity contribution in [1.82, 2.24) is 4.90 Å². The van der Waals surface area contributed by atoms with Gasteiger partial charge in [-0.3, -0.25) is 9.59 Å². The SMILES string of the molecule is O=C(Nc1cccc(C(=O)N2CCOCC2)c1)c1ccc(F)c(C(F)(F)F)c1. The molecule has 1 saturated heterocycles. The molecule has 1 aliphatic rings. The lowest BCUT2D eigenvalue weighted by molar-refractivity contribution is -0.140. The smallest absolute Gasteiger partial charge is 0.378 e. The minimum atomic E-state index is -4.91. The Morgan fingerprint density at radius 2 is 1.71 bits per heavy atom. The molecule has 0 aromatic heterocycles. The lowest BCUT2D eigenvalue weighted by atomic mass is 10.1. The van der Waals surface area contributed by atoms with Gasteiger partial charge >= 0.3 is 6.18 Å². The van der Waals surface area contributed by atoms with E-state index in [1.165, 1.54) is 12.1 Å². The first-order valence-corrected chi connectivity index (χ1v) is 8.41. The molecule has 28 heavy (non-hydrogen) atoms. The Kier molecular flexibility index (Phi) is 5.64. The third-order valence-corrected chi connectivity index (χ3v) is 4.20. The van der Waals surface area contributed by atoms with Crippen molar-refractivity contribution in [2.24, 2.45) is 0 Å². The molecule has 1 N–H and O–H groups in total. The second-order valence-corrected chi connectivity index (χ2v) is 6.13. The van der Waals surface area contributed by atoms with Gasteiger partial charge in [-0.25, -0.2) is 4.39 Å². The Morgan fingerprint density at radius 3 is 2.39 bits per heavy atom. The molecule has 0 spiro atoms. The second-order valence-electron chi connectivity index (χ2n) is 6.13. The van der Waals surface area contributed by atoms with Crippen molar-refractivity contribution in [2.45, 2.75) is 6.18 Å². The maximum Gasteiger partial charge on any atom is 0.419 e. The van der Waals surface area contributed by atoms with Crippen LogP contribution in [0.4, 0.5) is 23.2 Å². The van der Waals surface area contributed by atoms with Crippen LogP contribution in [-0.4, -0.2) is 43.0 Å². The van der Waals surface area contributed by atoms with E-state index in [0.717, 1.165) is 6.07 Å². The first kappa shape index (κ1) is 19.8. The second kappa shape index (κ2) is 7.97. The molecule has 1 aliphatic heterocycles. The van der Waals surface area contributed by atoms with Crippen LogP contribution < -0.4 is 5.32 Å². The third kappa shape index (κ3) is 4.48. The highest BCUT2D eigenvalue weighted by Gasteiger charge is 2.34. The first-order chi connectivity index (χ1) is 13.3. The number of hydrogen-bond donors (Lipinski definition) is 1. The Labute approximate surface area is 157 Å². The van der Waals surface area contributed by atoms with Crippen LogP contribution in [-0.2, 0) is 10.9 Å². The number of halogens is 4. The van der Waals surface area contributed by atoms with Gasteiger partial charge in [0.2, 0.25) is 0 Å². The van der Waals surface area contributed by atoms with E-state index in [1.807, 2.05) is 0 Å². The lowest BCUT2D eigenvalue weighted by Gasteiger charge is -2.27. The van der Waals surface area contributed by atoms with Gasteiger partial charge in [0.05, 0.1) is 18.8 Å². The lowest BCUT2D eigenvalue weighted by Crippen LogP contribution is -2.40. The summed E-state index contributed by atoms with van der Waals surface area (Å²) in [4.78, 5) is 26.4. The van der Waals surface area contributed by atoms with Crippen LogP contribution in [0.3, 0.4) is 0 Å². The average Bonchev–Trinajstić information content (AvgIpc) is 2.67. The molecular weight excluding hydrogens is 380 g/mol. The van der Waals surface area contributed by atoms with Crippen LogP contribution in [0.15, 0.2) is 42.5 Å². The fourth-order valence-electron chi connectivity index (χ4n) is 2.77. The summed E-state index contributed by atoms with van der Waals surface area (Å²) in [5, 5.41) is 2.43. The predicted molar refractivity (Wildman–Crippen MR) is 92.5 cm³/mol. The fraction of sp³-hybridized carbons (Fsp3) is 0.263. The molecule has 2 amide bonds. The number of nitrogens with one attached hydrogen (secondary N) is 1. The van der Waals surface area contributed by atoms with Crippen molar-refractivity contribution in [3.8, 4) is 0 Å². The van der Waals surface area contributed by atoms with Gasteiger partial charge in [0, 0.05) is 29.9 Å². The summed E-state index contributed by atoms with van der Waals surface area (Å²) in [6, 6.07) is 8.07. The molecule has 2 aromatic carbocycles. The van der Waals surface area contributed by atoms with E-state index in [2.05, 4.69) is 5.32 Å². The standard InChI is InChI=1S/C19H16F4N2O3/c20-16-5-4-12(11-15(16)19(21,22)23)17(26)24-14-3-1-2-13(10-14)18(27)25-6-8-28-9-7-25/h1-5,10-11H,6-9H2,(H,24,26). The molecule has 5 nitrogen and oxygen atoms in total. The molecule has 2 aromatic rings. The van der Waals surface area contributed by atoms with Crippen molar-refractivity contribution in [3.63, 3.8) is 0 Å². The maximum atomic E-state index is 13.4. The number of amides is 2. The van der Waals surface area contributed by atoms with Gasteiger partial charge in [-0.05, 0) is 36.4 Å². The number of hydrogen-bond acceptors (Lipinski definition) is 3. The number of anilines is 1. The van der Waals surface area contributed by atoms with Crippen molar-refractivity contribution in [3.05, 3.63) is 65.0 Å². The topological polar surface area (TPSA) is 58.6 Å². The zero-order valence-electron chi connectivity index (χ0n) is 14.6. The summed E-state index contributed by atoms with van der Waals surface area (Å²) >= 11 is 0. The summed E-state index contributed by atoms with van der Waals surface area (Å²) in [7, 11) is 0. The molecule has 0 atom stereocenters. The maximum absolute atomic E-state index is 13.4. The fourth-order valence-corrected chi connectivity index (χ4v) is 2.77. The molecule has 0 aliphatic carbocycles.